The van der Waals surface area contributed by atoms with Crippen molar-refractivity contribution in [3.63, 3.8) is 0 Å². The maximum Gasteiger partial charge on any atom is 0.337 e. The fourth-order valence-electron chi connectivity index (χ4n) is 1.95. The van der Waals surface area contributed by atoms with E-state index in [1.54, 1.807) is 6.07 Å². The average molecular weight is 389 g/mol. The molecule has 0 fully saturated rings. The van der Waals surface area contributed by atoms with Crippen LogP contribution in [-0.4, -0.2) is 38.7 Å². The topological polar surface area (TPSA) is 62.7 Å². The van der Waals surface area contributed by atoms with E-state index in [9.17, 15) is 4.79 Å². The highest BCUT2D eigenvalue weighted by molar-refractivity contribution is 14.0. The first-order chi connectivity index (χ1) is 9.29. The van der Waals surface area contributed by atoms with E-state index >= 15 is 0 Å². The van der Waals surface area contributed by atoms with Crippen molar-refractivity contribution in [1.82, 2.24) is 10.6 Å². The Hall–Kier alpha value is -1.31. The number of carbonyl (C=O) groups excluding carboxylic acids is 1. The van der Waals surface area contributed by atoms with Crippen molar-refractivity contribution in [3.8, 4) is 0 Å². The molecule has 0 saturated carbocycles. The third kappa shape index (κ3) is 4.99. The molecule has 2 rings (SSSR count). The van der Waals surface area contributed by atoms with Crippen LogP contribution in [-0.2, 0) is 11.2 Å². The number of hydrogen-bond donors (Lipinski definition) is 2. The Morgan fingerprint density at radius 3 is 3.05 bits per heavy atom. The Kier molecular flexibility index (Phi) is 7.35. The first kappa shape index (κ1) is 16.7. The number of halogens is 1. The number of guanidine groups is 1. The average Bonchev–Trinajstić information content (AvgIpc) is 2.48. The van der Waals surface area contributed by atoms with Gasteiger partial charge in [-0.15, -0.1) is 24.0 Å². The van der Waals surface area contributed by atoms with Crippen LogP contribution >= 0.6 is 24.0 Å². The largest absolute Gasteiger partial charge is 0.465 e. The lowest BCUT2D eigenvalue weighted by molar-refractivity contribution is 0.0600. The maximum absolute atomic E-state index is 11.4. The molecule has 0 bridgehead atoms. The van der Waals surface area contributed by atoms with Crippen molar-refractivity contribution in [2.45, 2.75) is 12.8 Å². The standard InChI is InChI=1S/C14H19N3O2.HI/c1-19-13(18)12-5-2-4-11(10-12)6-9-17-14-15-7-3-8-16-14;/h2,4-5,10H,3,6-9H2,1H3,(H2,15,16,17);1H. The van der Waals surface area contributed by atoms with E-state index < -0.39 is 0 Å². The second-order valence-electron chi connectivity index (χ2n) is 4.38. The summed E-state index contributed by atoms with van der Waals surface area (Å²) in [5.41, 5.74) is 1.69. The number of rotatable bonds is 4. The highest BCUT2D eigenvalue weighted by Crippen LogP contribution is 2.07. The van der Waals surface area contributed by atoms with Crippen LogP contribution in [0.2, 0.25) is 0 Å². The van der Waals surface area contributed by atoms with Gasteiger partial charge < -0.3 is 15.4 Å². The zero-order chi connectivity index (χ0) is 13.5. The van der Waals surface area contributed by atoms with Crippen molar-refractivity contribution in [2.24, 2.45) is 4.99 Å². The van der Waals surface area contributed by atoms with Gasteiger partial charge in [-0.1, -0.05) is 12.1 Å². The number of benzene rings is 1. The van der Waals surface area contributed by atoms with Crippen molar-refractivity contribution < 1.29 is 9.53 Å². The Labute approximate surface area is 136 Å². The van der Waals surface area contributed by atoms with Crippen molar-refractivity contribution in [2.75, 3.05) is 26.7 Å². The second kappa shape index (κ2) is 8.78. The molecule has 0 spiro atoms. The van der Waals surface area contributed by atoms with E-state index in [0.717, 1.165) is 44.0 Å². The van der Waals surface area contributed by atoms with Gasteiger partial charge in [0.15, 0.2) is 5.96 Å². The van der Waals surface area contributed by atoms with Crippen LogP contribution in [0.3, 0.4) is 0 Å². The fourth-order valence-corrected chi connectivity index (χ4v) is 1.95. The van der Waals surface area contributed by atoms with E-state index in [-0.39, 0.29) is 29.9 Å². The summed E-state index contributed by atoms with van der Waals surface area (Å²) in [5, 5.41) is 6.46. The third-order valence-corrected chi connectivity index (χ3v) is 2.95. The molecule has 1 aromatic carbocycles. The Morgan fingerprint density at radius 2 is 2.35 bits per heavy atom. The molecule has 0 aliphatic carbocycles. The van der Waals surface area contributed by atoms with Crippen LogP contribution in [0.25, 0.3) is 0 Å². The van der Waals surface area contributed by atoms with Crippen LogP contribution in [0.1, 0.15) is 22.3 Å². The molecule has 5 nitrogen and oxygen atoms in total. The van der Waals surface area contributed by atoms with Gasteiger partial charge in [0, 0.05) is 19.6 Å². The highest BCUT2D eigenvalue weighted by Gasteiger charge is 2.06. The first-order valence-electron chi connectivity index (χ1n) is 6.49. The van der Waals surface area contributed by atoms with E-state index in [2.05, 4.69) is 15.6 Å². The van der Waals surface area contributed by atoms with E-state index in [4.69, 9.17) is 4.74 Å². The van der Waals surface area contributed by atoms with Crippen LogP contribution in [0.15, 0.2) is 29.3 Å². The summed E-state index contributed by atoms with van der Waals surface area (Å²) in [7, 11) is 1.39. The molecule has 0 aromatic heterocycles. The number of carbonyl (C=O) groups is 1. The highest BCUT2D eigenvalue weighted by atomic mass is 127. The molecule has 110 valence electrons. The monoisotopic (exact) mass is 389 g/mol. The summed E-state index contributed by atoms with van der Waals surface area (Å²) in [6.07, 6.45) is 1.93. The van der Waals surface area contributed by atoms with Crippen molar-refractivity contribution in [1.29, 1.82) is 0 Å². The minimum absolute atomic E-state index is 0. The molecule has 0 unspecified atom stereocenters. The molecule has 0 atom stereocenters. The minimum Gasteiger partial charge on any atom is -0.465 e. The lowest BCUT2D eigenvalue weighted by Gasteiger charge is -2.15. The van der Waals surface area contributed by atoms with Crippen LogP contribution in [0.4, 0.5) is 0 Å². The molecular formula is C14H20IN3O2. The Balaban J connectivity index is 0.00000200. The van der Waals surface area contributed by atoms with Crippen molar-refractivity contribution >= 4 is 35.9 Å². The number of methoxy groups -OCH3 is 1. The van der Waals surface area contributed by atoms with Gasteiger partial charge in [0.2, 0.25) is 0 Å². The molecule has 0 amide bonds. The van der Waals surface area contributed by atoms with Gasteiger partial charge in [0.1, 0.15) is 0 Å². The molecule has 2 N–H and O–H groups in total. The van der Waals surface area contributed by atoms with Crippen LogP contribution < -0.4 is 10.6 Å². The van der Waals surface area contributed by atoms with Gasteiger partial charge in [-0.2, -0.15) is 0 Å². The van der Waals surface area contributed by atoms with E-state index in [0.29, 0.717) is 5.56 Å². The summed E-state index contributed by atoms with van der Waals surface area (Å²) in [5.74, 6) is 0.573. The summed E-state index contributed by atoms with van der Waals surface area (Å²) in [6, 6.07) is 7.50. The molecule has 20 heavy (non-hydrogen) atoms. The predicted octanol–water partition coefficient (Wildman–Crippen LogP) is 1.57. The SMILES string of the molecule is COC(=O)c1cccc(CCNC2=NCCCN2)c1.I. The molecule has 1 aromatic rings. The van der Waals surface area contributed by atoms with Crippen LogP contribution in [0, 0.1) is 0 Å². The van der Waals surface area contributed by atoms with Crippen molar-refractivity contribution in [3.05, 3.63) is 35.4 Å². The maximum atomic E-state index is 11.4. The number of nitrogens with zero attached hydrogens (tertiary/aromatic N) is 1. The zero-order valence-corrected chi connectivity index (χ0v) is 13.8. The van der Waals surface area contributed by atoms with Gasteiger partial charge in [-0.3, -0.25) is 4.99 Å². The number of ether oxygens (including phenoxy) is 1. The normalized spacial score (nSPS) is 13.6. The van der Waals surface area contributed by atoms with Crippen LogP contribution in [0.5, 0.6) is 0 Å². The smallest absolute Gasteiger partial charge is 0.337 e. The Bertz CT molecular complexity index is 477. The first-order valence-corrected chi connectivity index (χ1v) is 6.49. The lowest BCUT2D eigenvalue weighted by Crippen LogP contribution is -2.41. The third-order valence-electron chi connectivity index (χ3n) is 2.95. The van der Waals surface area contributed by atoms with Gasteiger partial charge in [-0.25, -0.2) is 4.79 Å². The quantitative estimate of drug-likeness (QED) is 0.607. The minimum atomic E-state index is -0.298. The molecule has 0 saturated heterocycles. The fraction of sp³-hybridized carbons (Fsp3) is 0.429. The summed E-state index contributed by atoms with van der Waals surface area (Å²) in [4.78, 5) is 15.8. The predicted molar refractivity (Wildman–Crippen MR) is 89.8 cm³/mol. The summed E-state index contributed by atoms with van der Waals surface area (Å²) in [6.45, 7) is 2.65. The number of esters is 1. The molecular weight excluding hydrogens is 369 g/mol. The van der Waals surface area contributed by atoms with Gasteiger partial charge in [0.05, 0.1) is 12.7 Å². The van der Waals surface area contributed by atoms with Gasteiger partial charge in [0.25, 0.3) is 0 Å². The van der Waals surface area contributed by atoms with E-state index in [1.807, 2.05) is 18.2 Å². The Morgan fingerprint density at radius 1 is 1.50 bits per heavy atom. The van der Waals surface area contributed by atoms with E-state index in [1.165, 1.54) is 7.11 Å². The molecule has 6 heteroatoms. The molecule has 1 aliphatic heterocycles. The lowest BCUT2D eigenvalue weighted by atomic mass is 10.1. The number of aliphatic imine (C=N–C) groups is 1. The molecule has 1 heterocycles. The second-order valence-corrected chi connectivity index (χ2v) is 4.38. The number of nitrogens with one attached hydrogen (secondary N) is 2. The summed E-state index contributed by atoms with van der Waals surface area (Å²) >= 11 is 0. The molecule has 1 aliphatic rings. The van der Waals surface area contributed by atoms with Gasteiger partial charge in [-0.05, 0) is 30.5 Å². The van der Waals surface area contributed by atoms with Gasteiger partial charge >= 0.3 is 5.97 Å². The molecule has 0 radical (unpaired) electrons. The zero-order valence-electron chi connectivity index (χ0n) is 11.5. The summed E-state index contributed by atoms with van der Waals surface area (Å²) < 4.78 is 4.71. The number of hydrogen-bond acceptors (Lipinski definition) is 5.